The Hall–Kier alpha value is -2.38. The maximum absolute atomic E-state index is 12.7. The molecule has 30 heavy (non-hydrogen) atoms. The summed E-state index contributed by atoms with van der Waals surface area (Å²) < 4.78 is 7.65. The maximum Gasteiger partial charge on any atom is 0.257 e. The molecule has 2 aromatic rings. The number of rotatable bonds is 7. The van der Waals surface area contributed by atoms with Crippen molar-refractivity contribution in [3.8, 4) is 11.4 Å². The highest BCUT2D eigenvalue weighted by atomic mass is 16.5. The predicted molar refractivity (Wildman–Crippen MR) is 117 cm³/mol. The van der Waals surface area contributed by atoms with Gasteiger partial charge in [-0.05, 0) is 64.0 Å². The number of carbonyl (C=O) groups is 1. The summed E-state index contributed by atoms with van der Waals surface area (Å²) in [6, 6.07) is 8.62. The molecule has 4 rings (SSSR count). The molecule has 0 bridgehead atoms. The molecule has 7 nitrogen and oxygen atoms in total. The van der Waals surface area contributed by atoms with Gasteiger partial charge in [0.1, 0.15) is 5.75 Å². The van der Waals surface area contributed by atoms with E-state index in [1.807, 2.05) is 35.4 Å². The number of hydrogen-bond donors (Lipinski definition) is 0. The van der Waals surface area contributed by atoms with Gasteiger partial charge in [0.05, 0.1) is 24.1 Å². The predicted octanol–water partition coefficient (Wildman–Crippen LogP) is 2.51. The molecular formula is C23H33N5O2. The van der Waals surface area contributed by atoms with E-state index in [4.69, 9.17) is 4.74 Å². The smallest absolute Gasteiger partial charge is 0.257 e. The Bertz CT molecular complexity index is 826. The van der Waals surface area contributed by atoms with Crippen LogP contribution in [0, 0.1) is 0 Å². The van der Waals surface area contributed by atoms with Crippen LogP contribution in [0.5, 0.6) is 5.75 Å². The molecular weight excluding hydrogens is 378 g/mol. The molecule has 1 unspecified atom stereocenters. The van der Waals surface area contributed by atoms with Crippen molar-refractivity contribution in [3.05, 3.63) is 42.2 Å². The number of nitrogens with zero attached hydrogens (tertiary/aromatic N) is 5. The molecule has 1 aromatic heterocycles. The molecule has 7 heteroatoms. The summed E-state index contributed by atoms with van der Waals surface area (Å²) in [6.07, 6.45) is 7.15. The van der Waals surface area contributed by atoms with E-state index in [0.29, 0.717) is 11.6 Å². The van der Waals surface area contributed by atoms with Gasteiger partial charge in [0, 0.05) is 45.0 Å². The third-order valence-corrected chi connectivity index (χ3v) is 6.27. The summed E-state index contributed by atoms with van der Waals surface area (Å²) in [6.45, 7) is 8.74. The van der Waals surface area contributed by atoms with E-state index in [1.54, 1.807) is 10.9 Å². The van der Waals surface area contributed by atoms with Crippen LogP contribution in [-0.2, 0) is 0 Å². The van der Waals surface area contributed by atoms with Crippen molar-refractivity contribution in [2.75, 3.05) is 52.9 Å². The number of hydrogen-bond acceptors (Lipinski definition) is 5. The summed E-state index contributed by atoms with van der Waals surface area (Å²) in [5.74, 6) is 0.927. The van der Waals surface area contributed by atoms with Crippen LogP contribution in [0.25, 0.3) is 5.69 Å². The molecule has 1 amide bonds. The topological polar surface area (TPSA) is 53.8 Å². The molecule has 0 aliphatic carbocycles. The van der Waals surface area contributed by atoms with Gasteiger partial charge in [0.25, 0.3) is 5.91 Å². The number of aromatic nitrogens is 2. The first-order valence-electron chi connectivity index (χ1n) is 11.1. The first-order chi connectivity index (χ1) is 14.6. The molecule has 1 atom stereocenters. The Kier molecular flexibility index (Phi) is 6.69. The highest BCUT2D eigenvalue weighted by Gasteiger charge is 2.22. The van der Waals surface area contributed by atoms with Gasteiger partial charge in [-0.15, -0.1) is 0 Å². The Morgan fingerprint density at radius 1 is 1.13 bits per heavy atom. The number of likely N-dealkylation sites (tertiary alicyclic amines) is 1. The molecule has 0 saturated carbocycles. The first kappa shape index (κ1) is 20.9. The fourth-order valence-corrected chi connectivity index (χ4v) is 4.24. The highest BCUT2D eigenvalue weighted by Crippen LogP contribution is 2.18. The SMILES string of the molecule is CC1CCCN1CCCOc1ccc(-n2cc(C(=O)N3CCN(C)CC3)cn2)cc1. The van der Waals surface area contributed by atoms with E-state index < -0.39 is 0 Å². The minimum atomic E-state index is 0.0571. The van der Waals surface area contributed by atoms with Crippen molar-refractivity contribution in [3.63, 3.8) is 0 Å². The van der Waals surface area contributed by atoms with E-state index in [1.165, 1.54) is 19.4 Å². The summed E-state index contributed by atoms with van der Waals surface area (Å²) in [5, 5.41) is 4.39. The van der Waals surface area contributed by atoms with E-state index in [0.717, 1.165) is 57.2 Å². The van der Waals surface area contributed by atoms with Crippen molar-refractivity contribution in [2.45, 2.75) is 32.2 Å². The molecule has 2 fully saturated rings. The van der Waals surface area contributed by atoms with Crippen LogP contribution in [0.1, 0.15) is 36.5 Å². The molecule has 0 N–H and O–H groups in total. The lowest BCUT2D eigenvalue weighted by Crippen LogP contribution is -2.47. The minimum absolute atomic E-state index is 0.0571. The molecule has 2 aliphatic rings. The first-order valence-corrected chi connectivity index (χ1v) is 11.1. The van der Waals surface area contributed by atoms with Gasteiger partial charge >= 0.3 is 0 Å². The Morgan fingerprint density at radius 3 is 2.60 bits per heavy atom. The van der Waals surface area contributed by atoms with E-state index in [2.05, 4.69) is 28.9 Å². The van der Waals surface area contributed by atoms with Gasteiger partial charge in [0.15, 0.2) is 0 Å². The number of likely N-dealkylation sites (N-methyl/N-ethyl adjacent to an activating group) is 1. The van der Waals surface area contributed by atoms with Gasteiger partial charge in [-0.2, -0.15) is 5.10 Å². The second kappa shape index (κ2) is 9.62. The van der Waals surface area contributed by atoms with Crippen LogP contribution in [0.2, 0.25) is 0 Å². The van der Waals surface area contributed by atoms with Gasteiger partial charge < -0.3 is 19.4 Å². The van der Waals surface area contributed by atoms with Crippen LogP contribution in [0.15, 0.2) is 36.7 Å². The fraction of sp³-hybridized carbons (Fsp3) is 0.565. The Balaban J connectivity index is 1.27. The maximum atomic E-state index is 12.7. The van der Waals surface area contributed by atoms with Gasteiger partial charge in [-0.1, -0.05) is 0 Å². The number of carbonyl (C=O) groups excluding carboxylic acids is 1. The van der Waals surface area contributed by atoms with Crippen LogP contribution in [-0.4, -0.2) is 89.4 Å². The van der Waals surface area contributed by atoms with Crippen molar-refractivity contribution in [2.24, 2.45) is 0 Å². The molecule has 1 aromatic carbocycles. The largest absolute Gasteiger partial charge is 0.494 e. The van der Waals surface area contributed by atoms with Crippen molar-refractivity contribution in [1.82, 2.24) is 24.5 Å². The Morgan fingerprint density at radius 2 is 1.90 bits per heavy atom. The second-order valence-corrected chi connectivity index (χ2v) is 8.49. The van der Waals surface area contributed by atoms with Gasteiger partial charge in [0.2, 0.25) is 0 Å². The standard InChI is InChI=1S/C23H33N5O2/c1-19-5-3-10-26(19)11-4-16-30-22-8-6-21(7-9-22)28-18-20(17-24-28)23(29)27-14-12-25(2)13-15-27/h6-9,17-19H,3-5,10-16H2,1-2H3. The summed E-state index contributed by atoms with van der Waals surface area (Å²) in [5.41, 5.74) is 1.56. The van der Waals surface area contributed by atoms with Crippen molar-refractivity contribution < 1.29 is 9.53 Å². The molecule has 3 heterocycles. The van der Waals surface area contributed by atoms with E-state index in [-0.39, 0.29) is 5.91 Å². The number of amides is 1. The van der Waals surface area contributed by atoms with Crippen LogP contribution in [0.4, 0.5) is 0 Å². The van der Waals surface area contributed by atoms with Gasteiger partial charge in [-0.25, -0.2) is 4.68 Å². The summed E-state index contributed by atoms with van der Waals surface area (Å²) >= 11 is 0. The van der Waals surface area contributed by atoms with Crippen LogP contribution in [0.3, 0.4) is 0 Å². The lowest BCUT2D eigenvalue weighted by atomic mass is 10.2. The third-order valence-electron chi connectivity index (χ3n) is 6.27. The number of piperazine rings is 1. The summed E-state index contributed by atoms with van der Waals surface area (Å²) in [7, 11) is 2.08. The normalized spacial score (nSPS) is 20.6. The average molecular weight is 412 g/mol. The van der Waals surface area contributed by atoms with Crippen LogP contribution < -0.4 is 4.74 Å². The van der Waals surface area contributed by atoms with E-state index in [9.17, 15) is 4.79 Å². The lowest BCUT2D eigenvalue weighted by Gasteiger charge is -2.32. The fourth-order valence-electron chi connectivity index (χ4n) is 4.24. The zero-order chi connectivity index (χ0) is 20.9. The van der Waals surface area contributed by atoms with Gasteiger partial charge in [-0.3, -0.25) is 4.79 Å². The summed E-state index contributed by atoms with van der Waals surface area (Å²) in [4.78, 5) is 19.4. The van der Waals surface area contributed by atoms with Crippen LogP contribution >= 0.6 is 0 Å². The molecule has 2 aliphatic heterocycles. The molecule has 0 radical (unpaired) electrons. The molecule has 162 valence electrons. The average Bonchev–Trinajstić information content (AvgIpc) is 3.41. The number of benzene rings is 1. The second-order valence-electron chi connectivity index (χ2n) is 8.49. The number of ether oxygens (including phenoxy) is 1. The quantitative estimate of drug-likeness (QED) is 0.656. The van der Waals surface area contributed by atoms with E-state index >= 15 is 0 Å². The monoisotopic (exact) mass is 411 g/mol. The zero-order valence-electron chi connectivity index (χ0n) is 18.2. The van der Waals surface area contributed by atoms with Crippen molar-refractivity contribution in [1.29, 1.82) is 0 Å². The minimum Gasteiger partial charge on any atom is -0.494 e. The lowest BCUT2D eigenvalue weighted by molar-refractivity contribution is 0.0664. The highest BCUT2D eigenvalue weighted by molar-refractivity contribution is 5.93. The van der Waals surface area contributed by atoms with Crippen molar-refractivity contribution >= 4 is 5.91 Å². The third kappa shape index (κ3) is 5.02. The molecule has 0 spiro atoms. The Labute approximate surface area is 179 Å². The molecule has 2 saturated heterocycles. The zero-order valence-corrected chi connectivity index (χ0v) is 18.2.